The molecule has 4 rings (SSSR count). The maximum absolute atomic E-state index is 4.87. The zero-order chi connectivity index (χ0) is 16.5. The first kappa shape index (κ1) is 14.9. The Morgan fingerprint density at radius 3 is 2.67 bits per heavy atom. The molecule has 122 valence electrons. The van der Waals surface area contributed by atoms with Gasteiger partial charge in [-0.05, 0) is 43.0 Å². The van der Waals surface area contributed by atoms with Gasteiger partial charge < -0.3 is 5.32 Å². The number of rotatable bonds is 5. The first-order valence-corrected chi connectivity index (χ1v) is 8.52. The summed E-state index contributed by atoms with van der Waals surface area (Å²) in [7, 11) is 0. The molecule has 0 saturated heterocycles. The number of aromatic nitrogens is 3. The van der Waals surface area contributed by atoms with Gasteiger partial charge >= 0.3 is 0 Å². The van der Waals surface area contributed by atoms with Crippen LogP contribution in [0, 0.1) is 12.8 Å². The number of nitrogens with zero attached hydrogens (tertiary/aromatic N) is 3. The summed E-state index contributed by atoms with van der Waals surface area (Å²) in [4.78, 5) is 4.36. The van der Waals surface area contributed by atoms with E-state index in [-0.39, 0.29) is 0 Å². The van der Waals surface area contributed by atoms with Crippen LogP contribution in [0.15, 0.2) is 54.7 Å². The van der Waals surface area contributed by atoms with Crippen LogP contribution in [0.25, 0.3) is 5.69 Å². The topological polar surface area (TPSA) is 42.7 Å². The summed E-state index contributed by atoms with van der Waals surface area (Å²) >= 11 is 0. The highest BCUT2D eigenvalue weighted by molar-refractivity contribution is 5.48. The molecule has 0 spiro atoms. The van der Waals surface area contributed by atoms with E-state index in [9.17, 15) is 0 Å². The van der Waals surface area contributed by atoms with Crippen molar-refractivity contribution in [2.24, 2.45) is 5.92 Å². The largest absolute Gasteiger partial charge is 0.366 e. The second kappa shape index (κ2) is 6.11. The van der Waals surface area contributed by atoms with Gasteiger partial charge in [0.2, 0.25) is 0 Å². The fourth-order valence-electron chi connectivity index (χ4n) is 3.10. The molecule has 1 aliphatic rings. The first-order valence-electron chi connectivity index (χ1n) is 8.52. The van der Waals surface area contributed by atoms with Gasteiger partial charge in [-0.3, -0.25) is 4.98 Å². The lowest BCUT2D eigenvalue weighted by Crippen LogP contribution is -2.07. The standard InChI is InChI=1S/C20H22N4/c1-14-11-18(14)19-12-20(22-13-16-7-6-10-21-15(16)2)24(23-19)17-8-4-3-5-9-17/h3-10,12,14,18,22H,11,13H2,1-2H3/t14-,18+/m0/s1. The van der Waals surface area contributed by atoms with Crippen LogP contribution >= 0.6 is 0 Å². The van der Waals surface area contributed by atoms with Crippen molar-refractivity contribution in [3.8, 4) is 5.69 Å². The number of anilines is 1. The lowest BCUT2D eigenvalue weighted by atomic mass is 10.2. The van der Waals surface area contributed by atoms with Crippen LogP contribution in [-0.2, 0) is 6.54 Å². The van der Waals surface area contributed by atoms with Crippen LogP contribution in [0.4, 0.5) is 5.82 Å². The molecule has 0 bridgehead atoms. The lowest BCUT2D eigenvalue weighted by Gasteiger charge is -2.10. The van der Waals surface area contributed by atoms with Crippen LogP contribution in [-0.4, -0.2) is 14.8 Å². The fraction of sp³-hybridized carbons (Fsp3) is 0.300. The molecule has 1 saturated carbocycles. The monoisotopic (exact) mass is 318 g/mol. The predicted molar refractivity (Wildman–Crippen MR) is 96.4 cm³/mol. The molecular formula is C20H22N4. The minimum absolute atomic E-state index is 0.607. The first-order chi connectivity index (χ1) is 11.7. The molecule has 1 N–H and O–H groups in total. The van der Waals surface area contributed by atoms with Gasteiger partial charge in [0.15, 0.2) is 0 Å². The Morgan fingerprint density at radius 2 is 1.96 bits per heavy atom. The van der Waals surface area contributed by atoms with Gasteiger partial charge in [-0.15, -0.1) is 0 Å². The van der Waals surface area contributed by atoms with Crippen LogP contribution < -0.4 is 5.32 Å². The molecule has 3 aromatic rings. The Morgan fingerprint density at radius 1 is 1.17 bits per heavy atom. The Labute approximate surface area is 142 Å². The van der Waals surface area contributed by atoms with Crippen molar-refractivity contribution in [1.82, 2.24) is 14.8 Å². The maximum atomic E-state index is 4.87. The SMILES string of the molecule is Cc1ncccc1CNc1cc([C@@H]2C[C@@H]2C)nn1-c1ccccc1. The van der Waals surface area contributed by atoms with Crippen LogP contribution in [0.5, 0.6) is 0 Å². The molecule has 1 aromatic carbocycles. The van der Waals surface area contributed by atoms with E-state index in [4.69, 9.17) is 5.10 Å². The normalized spacial score (nSPS) is 19.2. The predicted octanol–water partition coefficient (Wildman–Crippen LogP) is 4.31. The average molecular weight is 318 g/mol. The third-order valence-electron chi connectivity index (χ3n) is 4.79. The number of hydrogen-bond acceptors (Lipinski definition) is 3. The summed E-state index contributed by atoms with van der Waals surface area (Å²) in [6, 6.07) is 16.6. The molecule has 0 amide bonds. The average Bonchev–Trinajstić information content (AvgIpc) is 3.19. The highest BCUT2D eigenvalue weighted by Gasteiger charge is 2.36. The summed E-state index contributed by atoms with van der Waals surface area (Å²) in [5, 5.41) is 8.41. The van der Waals surface area contributed by atoms with E-state index in [0.717, 1.165) is 29.7 Å². The summed E-state index contributed by atoms with van der Waals surface area (Å²) in [6.07, 6.45) is 3.08. The Kier molecular flexibility index (Phi) is 3.81. The highest BCUT2D eigenvalue weighted by Crippen LogP contribution is 2.47. The minimum Gasteiger partial charge on any atom is -0.366 e. The molecular weight excluding hydrogens is 296 g/mol. The Balaban J connectivity index is 1.63. The van der Waals surface area contributed by atoms with Gasteiger partial charge in [-0.25, -0.2) is 4.68 Å². The van der Waals surface area contributed by atoms with E-state index in [1.165, 1.54) is 17.7 Å². The molecule has 2 aromatic heterocycles. The molecule has 4 heteroatoms. The highest BCUT2D eigenvalue weighted by atomic mass is 15.3. The van der Waals surface area contributed by atoms with Gasteiger partial charge in [-0.1, -0.05) is 31.2 Å². The van der Waals surface area contributed by atoms with E-state index in [0.29, 0.717) is 5.92 Å². The summed E-state index contributed by atoms with van der Waals surface area (Å²) in [5.74, 6) is 2.40. The number of benzene rings is 1. The van der Waals surface area contributed by atoms with E-state index in [1.807, 2.05) is 42.1 Å². The number of aryl methyl sites for hydroxylation is 1. The van der Waals surface area contributed by atoms with Gasteiger partial charge in [-0.2, -0.15) is 5.10 Å². The van der Waals surface area contributed by atoms with Gasteiger partial charge in [0.1, 0.15) is 5.82 Å². The number of hydrogen-bond donors (Lipinski definition) is 1. The number of nitrogens with one attached hydrogen (secondary N) is 1. The quantitative estimate of drug-likeness (QED) is 0.762. The lowest BCUT2D eigenvalue weighted by molar-refractivity contribution is 0.810. The maximum Gasteiger partial charge on any atom is 0.130 e. The van der Waals surface area contributed by atoms with Crippen molar-refractivity contribution < 1.29 is 0 Å². The second-order valence-corrected chi connectivity index (χ2v) is 6.62. The third kappa shape index (κ3) is 2.92. The molecule has 24 heavy (non-hydrogen) atoms. The zero-order valence-corrected chi connectivity index (χ0v) is 14.1. The van der Waals surface area contributed by atoms with E-state index >= 15 is 0 Å². The van der Waals surface area contributed by atoms with E-state index < -0.39 is 0 Å². The molecule has 2 heterocycles. The molecule has 0 radical (unpaired) electrons. The third-order valence-corrected chi connectivity index (χ3v) is 4.79. The van der Waals surface area contributed by atoms with Crippen LogP contribution in [0.1, 0.15) is 36.2 Å². The van der Waals surface area contributed by atoms with Crippen molar-refractivity contribution in [1.29, 1.82) is 0 Å². The second-order valence-electron chi connectivity index (χ2n) is 6.62. The van der Waals surface area contributed by atoms with Crippen molar-refractivity contribution in [2.75, 3.05) is 5.32 Å². The number of pyridine rings is 1. The number of para-hydroxylation sites is 1. The summed E-state index contributed by atoms with van der Waals surface area (Å²) in [5.41, 5.74) is 4.55. The van der Waals surface area contributed by atoms with Crippen molar-refractivity contribution in [3.05, 3.63) is 71.7 Å². The van der Waals surface area contributed by atoms with Crippen molar-refractivity contribution in [3.63, 3.8) is 0 Å². The van der Waals surface area contributed by atoms with Crippen LogP contribution in [0.2, 0.25) is 0 Å². The van der Waals surface area contributed by atoms with Gasteiger partial charge in [0.25, 0.3) is 0 Å². The summed E-state index contributed by atoms with van der Waals surface area (Å²) < 4.78 is 2.02. The van der Waals surface area contributed by atoms with Gasteiger partial charge in [0, 0.05) is 30.4 Å². The minimum atomic E-state index is 0.607. The van der Waals surface area contributed by atoms with Crippen molar-refractivity contribution >= 4 is 5.82 Å². The Bertz CT molecular complexity index is 838. The molecule has 0 aliphatic heterocycles. The molecule has 2 atom stereocenters. The molecule has 1 fully saturated rings. The summed E-state index contributed by atoms with van der Waals surface area (Å²) in [6.45, 7) is 5.08. The van der Waals surface area contributed by atoms with Crippen LogP contribution in [0.3, 0.4) is 0 Å². The van der Waals surface area contributed by atoms with Gasteiger partial charge in [0.05, 0.1) is 11.4 Å². The molecule has 4 nitrogen and oxygen atoms in total. The Hall–Kier alpha value is -2.62. The molecule has 1 aliphatic carbocycles. The molecule has 0 unspecified atom stereocenters. The van der Waals surface area contributed by atoms with E-state index in [2.05, 4.69) is 41.5 Å². The zero-order valence-electron chi connectivity index (χ0n) is 14.1. The van der Waals surface area contributed by atoms with Crippen molar-refractivity contribution in [2.45, 2.75) is 32.7 Å². The fourth-order valence-corrected chi connectivity index (χ4v) is 3.10. The van der Waals surface area contributed by atoms with E-state index in [1.54, 1.807) is 0 Å². The smallest absolute Gasteiger partial charge is 0.130 e.